The third-order valence-corrected chi connectivity index (χ3v) is 1.68. The molecular weight excluding hydrogens is 198 g/mol. The van der Waals surface area contributed by atoms with Gasteiger partial charge in [0.15, 0.2) is 0 Å². The van der Waals surface area contributed by atoms with Crippen molar-refractivity contribution in [3.05, 3.63) is 29.3 Å². The molecule has 0 bridgehead atoms. The van der Waals surface area contributed by atoms with Crippen LogP contribution in [0.5, 0.6) is 0 Å². The van der Waals surface area contributed by atoms with E-state index in [4.69, 9.17) is 0 Å². The van der Waals surface area contributed by atoms with E-state index in [1.54, 1.807) is 0 Å². The largest absolute Gasteiger partial charge is 0.328 e. The van der Waals surface area contributed by atoms with Gasteiger partial charge in [-0.05, 0) is 25.0 Å². The van der Waals surface area contributed by atoms with Crippen LogP contribution in [0, 0.1) is 13.8 Å². The Labute approximate surface area is 100 Å². The van der Waals surface area contributed by atoms with Gasteiger partial charge in [0, 0.05) is 5.69 Å². The lowest BCUT2D eigenvalue weighted by molar-refractivity contribution is -0.105. The summed E-state index contributed by atoms with van der Waals surface area (Å²) >= 11 is 0. The van der Waals surface area contributed by atoms with Crippen molar-refractivity contribution in [2.45, 2.75) is 48.0 Å². The SMILES string of the molecule is CC.CCC.Cc1cccc(C)c1NC=O. The smallest absolute Gasteiger partial charge is 0.211 e. The first-order valence-corrected chi connectivity index (χ1v) is 5.93. The summed E-state index contributed by atoms with van der Waals surface area (Å²) in [5.41, 5.74) is 3.11. The normalized spacial score (nSPS) is 7.88. The molecule has 0 unspecified atom stereocenters. The van der Waals surface area contributed by atoms with Gasteiger partial charge in [0.1, 0.15) is 0 Å². The van der Waals surface area contributed by atoms with Crippen LogP contribution in [0.25, 0.3) is 0 Å². The highest BCUT2D eigenvalue weighted by Crippen LogP contribution is 2.17. The summed E-state index contributed by atoms with van der Waals surface area (Å²) in [4.78, 5) is 10.2. The molecule has 0 aliphatic carbocycles. The molecule has 1 aromatic carbocycles. The summed E-state index contributed by atoms with van der Waals surface area (Å²) in [6.07, 6.45) is 1.95. The van der Waals surface area contributed by atoms with Gasteiger partial charge in [0.05, 0.1) is 0 Å². The second-order valence-electron chi connectivity index (χ2n) is 3.24. The monoisotopic (exact) mass is 223 g/mol. The summed E-state index contributed by atoms with van der Waals surface area (Å²) in [6, 6.07) is 5.91. The average Bonchev–Trinajstić information content (AvgIpc) is 2.28. The van der Waals surface area contributed by atoms with Crippen molar-refractivity contribution in [3.63, 3.8) is 0 Å². The minimum atomic E-state index is 0.704. The second kappa shape index (κ2) is 11.8. The first kappa shape index (κ1) is 17.1. The van der Waals surface area contributed by atoms with Gasteiger partial charge < -0.3 is 5.32 Å². The van der Waals surface area contributed by atoms with E-state index in [9.17, 15) is 4.79 Å². The van der Waals surface area contributed by atoms with Crippen molar-refractivity contribution in [2.75, 3.05) is 5.32 Å². The standard InChI is InChI=1S/C9H11NO.C3H8.C2H6/c1-7-4-3-5-8(2)9(7)10-6-11;1-3-2;1-2/h3-6H,1-2H3,(H,10,11);3H2,1-2H3;1-2H3. The van der Waals surface area contributed by atoms with Crippen LogP contribution in [0.1, 0.15) is 45.2 Å². The molecule has 0 spiro atoms. The van der Waals surface area contributed by atoms with Crippen molar-refractivity contribution >= 4 is 12.1 Å². The molecule has 0 aliphatic heterocycles. The lowest BCUT2D eigenvalue weighted by Crippen LogP contribution is -1.98. The molecule has 92 valence electrons. The number of carbonyl (C=O) groups excluding carboxylic acids is 1. The molecule has 0 saturated carbocycles. The molecular formula is C14H25NO. The van der Waals surface area contributed by atoms with Crippen molar-refractivity contribution < 1.29 is 4.79 Å². The van der Waals surface area contributed by atoms with Crippen molar-refractivity contribution in [2.24, 2.45) is 0 Å². The Bertz CT molecular complexity index is 262. The highest BCUT2D eigenvalue weighted by atomic mass is 16.1. The van der Waals surface area contributed by atoms with E-state index >= 15 is 0 Å². The molecule has 2 heteroatoms. The first-order valence-electron chi connectivity index (χ1n) is 5.93. The van der Waals surface area contributed by atoms with Gasteiger partial charge in [-0.25, -0.2) is 0 Å². The summed E-state index contributed by atoms with van der Waals surface area (Å²) in [5.74, 6) is 0. The molecule has 1 aromatic rings. The maximum atomic E-state index is 10.2. The molecule has 0 heterocycles. The fraction of sp³-hybridized carbons (Fsp3) is 0.500. The second-order valence-corrected chi connectivity index (χ2v) is 3.24. The fourth-order valence-corrected chi connectivity index (χ4v) is 1.10. The Morgan fingerprint density at radius 2 is 1.50 bits per heavy atom. The van der Waals surface area contributed by atoms with Gasteiger partial charge >= 0.3 is 0 Å². The number of nitrogens with one attached hydrogen (secondary N) is 1. The van der Waals surface area contributed by atoms with Gasteiger partial charge in [-0.15, -0.1) is 0 Å². The number of hydrogen-bond donors (Lipinski definition) is 1. The van der Waals surface area contributed by atoms with E-state index in [2.05, 4.69) is 19.2 Å². The summed E-state index contributed by atoms with van der Waals surface area (Å²) in [6.45, 7) is 12.2. The van der Waals surface area contributed by atoms with Gasteiger partial charge in [-0.3, -0.25) is 4.79 Å². The van der Waals surface area contributed by atoms with Crippen LogP contribution in [-0.4, -0.2) is 6.41 Å². The number of anilines is 1. The molecule has 2 nitrogen and oxygen atoms in total. The number of aryl methyl sites for hydroxylation is 2. The van der Waals surface area contributed by atoms with Gasteiger partial charge in [0.25, 0.3) is 0 Å². The molecule has 0 atom stereocenters. The van der Waals surface area contributed by atoms with E-state index in [-0.39, 0.29) is 0 Å². The average molecular weight is 223 g/mol. The number of carbonyl (C=O) groups is 1. The Hall–Kier alpha value is -1.31. The quantitative estimate of drug-likeness (QED) is 0.743. The molecule has 0 fully saturated rings. The van der Waals surface area contributed by atoms with Crippen LogP contribution in [0.3, 0.4) is 0 Å². The topological polar surface area (TPSA) is 29.1 Å². The number of hydrogen-bond acceptors (Lipinski definition) is 1. The van der Waals surface area contributed by atoms with E-state index < -0.39 is 0 Å². The van der Waals surface area contributed by atoms with Crippen molar-refractivity contribution in [3.8, 4) is 0 Å². The van der Waals surface area contributed by atoms with E-state index in [1.807, 2.05) is 45.9 Å². The van der Waals surface area contributed by atoms with E-state index in [1.165, 1.54) is 6.42 Å². The summed E-state index contributed by atoms with van der Waals surface area (Å²) in [5, 5.41) is 2.66. The van der Waals surface area contributed by atoms with E-state index in [0.29, 0.717) is 6.41 Å². The minimum absolute atomic E-state index is 0.704. The Kier molecular flexibility index (Phi) is 12.6. The maximum absolute atomic E-state index is 10.2. The number of para-hydroxylation sites is 1. The molecule has 0 aromatic heterocycles. The van der Waals surface area contributed by atoms with Crippen LogP contribution >= 0.6 is 0 Å². The molecule has 0 saturated heterocycles. The van der Waals surface area contributed by atoms with Crippen LogP contribution in [0.2, 0.25) is 0 Å². The van der Waals surface area contributed by atoms with Crippen LogP contribution in [-0.2, 0) is 4.79 Å². The van der Waals surface area contributed by atoms with Gasteiger partial charge in [-0.1, -0.05) is 52.3 Å². The Balaban J connectivity index is 0. The maximum Gasteiger partial charge on any atom is 0.211 e. The minimum Gasteiger partial charge on any atom is -0.328 e. The molecule has 1 amide bonds. The first-order chi connectivity index (χ1) is 7.67. The predicted molar refractivity (Wildman–Crippen MR) is 72.9 cm³/mol. The number of amides is 1. The molecule has 0 radical (unpaired) electrons. The molecule has 1 N–H and O–H groups in total. The lowest BCUT2D eigenvalue weighted by atomic mass is 10.1. The van der Waals surface area contributed by atoms with Crippen molar-refractivity contribution in [1.29, 1.82) is 0 Å². The van der Waals surface area contributed by atoms with Gasteiger partial charge in [0.2, 0.25) is 6.41 Å². The van der Waals surface area contributed by atoms with E-state index in [0.717, 1.165) is 16.8 Å². The highest BCUT2D eigenvalue weighted by Gasteiger charge is 1.98. The number of benzene rings is 1. The van der Waals surface area contributed by atoms with Crippen molar-refractivity contribution in [1.82, 2.24) is 0 Å². The van der Waals surface area contributed by atoms with Crippen LogP contribution in [0.4, 0.5) is 5.69 Å². The summed E-state index contributed by atoms with van der Waals surface area (Å²) in [7, 11) is 0. The zero-order valence-corrected chi connectivity index (χ0v) is 11.4. The van der Waals surface area contributed by atoms with Crippen LogP contribution < -0.4 is 5.32 Å². The molecule has 0 aliphatic rings. The third kappa shape index (κ3) is 7.04. The zero-order valence-electron chi connectivity index (χ0n) is 11.4. The molecule has 16 heavy (non-hydrogen) atoms. The summed E-state index contributed by atoms with van der Waals surface area (Å²) < 4.78 is 0. The van der Waals surface area contributed by atoms with Crippen LogP contribution in [0.15, 0.2) is 18.2 Å². The highest BCUT2D eigenvalue weighted by molar-refractivity contribution is 5.75. The third-order valence-electron chi connectivity index (χ3n) is 1.68. The zero-order chi connectivity index (χ0) is 13.0. The lowest BCUT2D eigenvalue weighted by Gasteiger charge is -2.06. The predicted octanol–water partition coefficient (Wildman–Crippen LogP) is 4.31. The number of rotatable bonds is 2. The molecule has 1 rings (SSSR count). The Morgan fingerprint density at radius 3 is 1.81 bits per heavy atom. The fourth-order valence-electron chi connectivity index (χ4n) is 1.10. The van der Waals surface area contributed by atoms with Gasteiger partial charge in [-0.2, -0.15) is 0 Å². The Morgan fingerprint density at radius 1 is 1.12 bits per heavy atom.